The van der Waals surface area contributed by atoms with E-state index in [1.807, 2.05) is 25.3 Å². The first-order chi connectivity index (χ1) is 10.7. The first-order valence-electron chi connectivity index (χ1n) is 8.05. The van der Waals surface area contributed by atoms with Crippen LogP contribution in [0.5, 0.6) is 0 Å². The molecule has 2 heterocycles. The predicted octanol–water partition coefficient (Wildman–Crippen LogP) is 2.15. The van der Waals surface area contributed by atoms with Crippen LogP contribution in [-0.2, 0) is 6.42 Å². The third-order valence-corrected chi connectivity index (χ3v) is 4.21. The van der Waals surface area contributed by atoms with E-state index in [1.165, 1.54) is 10.9 Å². The molecule has 3 rings (SSSR count). The average molecular weight is 300 g/mol. The Morgan fingerprint density at radius 3 is 3.09 bits per heavy atom. The monoisotopic (exact) mass is 300 g/mol. The van der Waals surface area contributed by atoms with Crippen molar-refractivity contribution < 1.29 is 4.79 Å². The summed E-state index contributed by atoms with van der Waals surface area (Å²) in [5.41, 5.74) is 2.38. The number of H-pyrrole nitrogens is 1. The normalized spacial score (nSPS) is 19.8. The maximum atomic E-state index is 12.1. The maximum absolute atomic E-state index is 12.1. The van der Waals surface area contributed by atoms with E-state index in [0.717, 1.165) is 37.9 Å². The number of aromatic nitrogens is 1. The Morgan fingerprint density at radius 2 is 2.27 bits per heavy atom. The molecule has 1 aromatic carbocycles. The maximum Gasteiger partial charge on any atom is 0.315 e. The lowest BCUT2D eigenvalue weighted by molar-refractivity contribution is 0.230. The van der Waals surface area contributed by atoms with Crippen molar-refractivity contribution in [1.82, 2.24) is 20.9 Å². The van der Waals surface area contributed by atoms with Crippen LogP contribution < -0.4 is 16.0 Å². The van der Waals surface area contributed by atoms with Crippen molar-refractivity contribution in [2.45, 2.75) is 38.3 Å². The van der Waals surface area contributed by atoms with Crippen molar-refractivity contribution in [2.24, 2.45) is 0 Å². The number of nitrogens with one attached hydrogen (secondary N) is 4. The third kappa shape index (κ3) is 3.60. The Balaban J connectivity index is 1.53. The summed E-state index contributed by atoms with van der Waals surface area (Å²) in [5.74, 6) is 0. The lowest BCUT2D eigenvalue weighted by Gasteiger charge is -2.25. The molecule has 0 radical (unpaired) electrons. The number of hydrogen-bond acceptors (Lipinski definition) is 2. The largest absolute Gasteiger partial charge is 0.361 e. The van der Waals surface area contributed by atoms with Gasteiger partial charge in [0.2, 0.25) is 0 Å². The van der Waals surface area contributed by atoms with Crippen LogP contribution >= 0.6 is 0 Å². The molecule has 1 aliphatic rings. The summed E-state index contributed by atoms with van der Waals surface area (Å²) in [4.78, 5) is 15.3. The molecule has 0 bridgehead atoms. The molecule has 5 nitrogen and oxygen atoms in total. The summed E-state index contributed by atoms with van der Waals surface area (Å²) < 4.78 is 0. The van der Waals surface area contributed by atoms with Crippen molar-refractivity contribution in [2.75, 3.05) is 13.1 Å². The summed E-state index contributed by atoms with van der Waals surface area (Å²) in [5, 5.41) is 10.6. The van der Waals surface area contributed by atoms with E-state index in [4.69, 9.17) is 0 Å². The van der Waals surface area contributed by atoms with Gasteiger partial charge in [-0.05, 0) is 44.4 Å². The molecule has 2 aromatic rings. The van der Waals surface area contributed by atoms with E-state index < -0.39 is 0 Å². The summed E-state index contributed by atoms with van der Waals surface area (Å²) in [7, 11) is 0. The van der Waals surface area contributed by atoms with Gasteiger partial charge in [-0.2, -0.15) is 0 Å². The second-order valence-electron chi connectivity index (χ2n) is 6.13. The molecule has 1 aromatic heterocycles. The molecule has 0 spiro atoms. The van der Waals surface area contributed by atoms with Crippen LogP contribution in [0.2, 0.25) is 0 Å². The van der Waals surface area contributed by atoms with Crippen LogP contribution in [0.15, 0.2) is 30.5 Å². The number of urea groups is 1. The SMILES string of the molecule is C[C@@H](Cc1c[nH]c2ccccc12)NC(=O)N[C@@H]1CCCNC1. The number of amides is 2. The highest BCUT2D eigenvalue weighted by molar-refractivity contribution is 5.83. The smallest absolute Gasteiger partial charge is 0.315 e. The number of para-hydroxylation sites is 1. The van der Waals surface area contributed by atoms with Crippen molar-refractivity contribution >= 4 is 16.9 Å². The highest BCUT2D eigenvalue weighted by Gasteiger charge is 2.16. The van der Waals surface area contributed by atoms with Crippen molar-refractivity contribution in [3.63, 3.8) is 0 Å². The molecular formula is C17H24N4O. The van der Waals surface area contributed by atoms with E-state index in [1.54, 1.807) is 0 Å². The summed E-state index contributed by atoms with van der Waals surface area (Å²) in [6.07, 6.45) is 5.03. The first kappa shape index (κ1) is 14.9. The Morgan fingerprint density at radius 1 is 1.41 bits per heavy atom. The minimum absolute atomic E-state index is 0.0685. The van der Waals surface area contributed by atoms with Gasteiger partial charge in [0, 0.05) is 35.7 Å². The number of piperidine rings is 1. The number of hydrogen-bond donors (Lipinski definition) is 4. The van der Waals surface area contributed by atoms with Crippen LogP contribution in [0, 0.1) is 0 Å². The molecule has 1 saturated heterocycles. The Labute approximate surface area is 130 Å². The molecule has 4 N–H and O–H groups in total. The number of carbonyl (C=O) groups is 1. The van der Waals surface area contributed by atoms with Gasteiger partial charge in [-0.15, -0.1) is 0 Å². The number of carbonyl (C=O) groups excluding carboxylic acids is 1. The summed E-state index contributed by atoms with van der Waals surface area (Å²) in [6, 6.07) is 8.52. The second kappa shape index (κ2) is 6.83. The van der Waals surface area contributed by atoms with Crippen LogP contribution in [0.3, 0.4) is 0 Å². The van der Waals surface area contributed by atoms with Gasteiger partial charge >= 0.3 is 6.03 Å². The van der Waals surface area contributed by atoms with Crippen LogP contribution in [0.4, 0.5) is 4.79 Å². The summed E-state index contributed by atoms with van der Waals surface area (Å²) >= 11 is 0. The fraction of sp³-hybridized carbons (Fsp3) is 0.471. The highest BCUT2D eigenvalue weighted by atomic mass is 16.2. The van der Waals surface area contributed by atoms with Crippen LogP contribution in [0.25, 0.3) is 10.9 Å². The van der Waals surface area contributed by atoms with Crippen LogP contribution in [0.1, 0.15) is 25.3 Å². The molecule has 118 valence electrons. The molecule has 0 saturated carbocycles. The van der Waals surface area contributed by atoms with Crippen molar-refractivity contribution in [1.29, 1.82) is 0 Å². The van der Waals surface area contributed by atoms with E-state index in [9.17, 15) is 4.79 Å². The predicted molar refractivity (Wildman–Crippen MR) is 89.0 cm³/mol. The number of aromatic amines is 1. The third-order valence-electron chi connectivity index (χ3n) is 4.21. The lowest BCUT2D eigenvalue weighted by Crippen LogP contribution is -2.51. The Hall–Kier alpha value is -2.01. The van der Waals surface area contributed by atoms with Crippen molar-refractivity contribution in [3.05, 3.63) is 36.0 Å². The zero-order chi connectivity index (χ0) is 15.4. The zero-order valence-electron chi connectivity index (χ0n) is 13.0. The van der Waals surface area contributed by atoms with Gasteiger partial charge in [0.25, 0.3) is 0 Å². The molecule has 1 fully saturated rings. The van der Waals surface area contributed by atoms with Gasteiger partial charge < -0.3 is 20.9 Å². The van der Waals surface area contributed by atoms with Gasteiger partial charge in [0.15, 0.2) is 0 Å². The quantitative estimate of drug-likeness (QED) is 0.699. The fourth-order valence-corrected chi connectivity index (χ4v) is 3.11. The second-order valence-corrected chi connectivity index (χ2v) is 6.13. The fourth-order valence-electron chi connectivity index (χ4n) is 3.11. The topological polar surface area (TPSA) is 69.0 Å². The standard InChI is InChI=1S/C17H24N4O/c1-12(20-17(22)21-14-5-4-8-18-11-14)9-13-10-19-16-7-3-2-6-15(13)16/h2-3,6-7,10,12,14,18-19H,4-5,8-9,11H2,1H3,(H2,20,21,22)/t12-,14+/m0/s1. The van der Waals surface area contributed by atoms with Gasteiger partial charge in [-0.25, -0.2) is 4.79 Å². The van der Waals surface area contributed by atoms with Gasteiger partial charge in [0.1, 0.15) is 0 Å². The molecular weight excluding hydrogens is 276 g/mol. The molecule has 5 heteroatoms. The van der Waals surface area contributed by atoms with E-state index in [-0.39, 0.29) is 18.1 Å². The minimum Gasteiger partial charge on any atom is -0.361 e. The Bertz CT molecular complexity index is 630. The van der Waals surface area contributed by atoms with E-state index in [0.29, 0.717) is 0 Å². The van der Waals surface area contributed by atoms with Gasteiger partial charge in [-0.1, -0.05) is 18.2 Å². The number of fused-ring (bicyclic) bond motifs is 1. The molecule has 0 aliphatic carbocycles. The molecule has 0 unspecified atom stereocenters. The molecule has 2 amide bonds. The van der Waals surface area contributed by atoms with Gasteiger partial charge in [0.05, 0.1) is 0 Å². The Kier molecular flexibility index (Phi) is 4.63. The van der Waals surface area contributed by atoms with Crippen molar-refractivity contribution in [3.8, 4) is 0 Å². The number of rotatable bonds is 4. The molecule has 1 aliphatic heterocycles. The molecule has 22 heavy (non-hydrogen) atoms. The first-order valence-corrected chi connectivity index (χ1v) is 8.05. The number of benzene rings is 1. The van der Waals surface area contributed by atoms with Crippen LogP contribution in [-0.4, -0.2) is 36.2 Å². The van der Waals surface area contributed by atoms with Gasteiger partial charge in [-0.3, -0.25) is 0 Å². The highest BCUT2D eigenvalue weighted by Crippen LogP contribution is 2.18. The summed E-state index contributed by atoms with van der Waals surface area (Å²) in [6.45, 7) is 3.96. The minimum atomic E-state index is -0.0685. The molecule has 2 atom stereocenters. The average Bonchev–Trinajstić information content (AvgIpc) is 2.91. The lowest BCUT2D eigenvalue weighted by atomic mass is 10.1. The van der Waals surface area contributed by atoms with E-state index in [2.05, 4.69) is 33.1 Å². The van der Waals surface area contributed by atoms with E-state index >= 15 is 0 Å². The zero-order valence-corrected chi connectivity index (χ0v) is 13.0.